The summed E-state index contributed by atoms with van der Waals surface area (Å²) < 4.78 is 4.60. The Hall–Kier alpha value is -0.475. The van der Waals surface area contributed by atoms with E-state index in [0.29, 0.717) is 0 Å². The van der Waals surface area contributed by atoms with Crippen LogP contribution in [0, 0.1) is 0 Å². The predicted molar refractivity (Wildman–Crippen MR) is 32.0 cm³/mol. The van der Waals surface area contributed by atoms with E-state index in [1.807, 2.05) is 6.92 Å². The number of rotatable bonds is 2. The summed E-state index contributed by atoms with van der Waals surface area (Å²) in [6.07, 6.45) is 1.43. The number of hydrogen-bond acceptors (Lipinski definition) is 3. The van der Waals surface area contributed by atoms with Crippen LogP contribution in [0.25, 0.3) is 0 Å². The second-order valence-corrected chi connectivity index (χ2v) is 0.737. The van der Waals surface area contributed by atoms with E-state index in [1.54, 1.807) is 0 Å². The third-order valence-electron chi connectivity index (χ3n) is 0.285. The Morgan fingerprint density at radius 3 is 2.12 bits per heavy atom. The van der Waals surface area contributed by atoms with Crippen LogP contribution in [0.3, 0.4) is 0 Å². The molecule has 47 valence electrons. The normalized spacial score (nSPS) is 5.88. The molecule has 0 atom stereocenters. The van der Waals surface area contributed by atoms with Gasteiger partial charge in [0.15, 0.2) is 0 Å². The summed E-state index contributed by atoms with van der Waals surface area (Å²) in [4.78, 5) is 0. The second kappa shape index (κ2) is 16.0. The van der Waals surface area contributed by atoms with Crippen molar-refractivity contribution in [2.45, 2.75) is 6.92 Å². The lowest BCUT2D eigenvalue weighted by Gasteiger charge is -1.84. The molecule has 3 nitrogen and oxygen atoms in total. The minimum absolute atomic E-state index is 0. The van der Waals surface area contributed by atoms with Crippen LogP contribution in [0.15, 0.2) is 12.8 Å². The van der Waals surface area contributed by atoms with Gasteiger partial charge in [-0.25, -0.2) is 0 Å². The molecule has 0 fully saturated rings. The van der Waals surface area contributed by atoms with Crippen molar-refractivity contribution in [1.29, 1.82) is 0 Å². The number of hydrogen-bond donors (Lipinski definition) is 2. The van der Waals surface area contributed by atoms with Gasteiger partial charge in [-0.1, -0.05) is 6.58 Å². The van der Waals surface area contributed by atoms with Gasteiger partial charge in [0.25, 0.3) is 0 Å². The summed E-state index contributed by atoms with van der Waals surface area (Å²) in [5, 5.41) is 14.0. The van der Waals surface area contributed by atoms with Crippen molar-refractivity contribution >= 4 is 7.69 Å². The highest BCUT2D eigenvalue weighted by molar-refractivity contribution is 6.13. The quantitative estimate of drug-likeness (QED) is 0.384. The molecule has 0 aliphatic carbocycles. The summed E-state index contributed by atoms with van der Waals surface area (Å²) in [5.74, 6) is 0. The summed E-state index contributed by atoms with van der Waals surface area (Å²) in [6.45, 7) is 5.97. The lowest BCUT2D eigenvalue weighted by molar-refractivity contribution is 0.270. The minimum atomic E-state index is 0. The summed E-state index contributed by atoms with van der Waals surface area (Å²) in [6, 6.07) is 0. The van der Waals surface area contributed by atoms with Crippen molar-refractivity contribution in [3.8, 4) is 0 Å². The number of ether oxygens (including phenoxy) is 1. The molecule has 0 saturated carbocycles. The van der Waals surface area contributed by atoms with Gasteiger partial charge in [0.05, 0.1) is 12.9 Å². The zero-order valence-electron chi connectivity index (χ0n) is 4.87. The van der Waals surface area contributed by atoms with Crippen molar-refractivity contribution in [2.24, 2.45) is 0 Å². The van der Waals surface area contributed by atoms with E-state index < -0.39 is 0 Å². The predicted octanol–water partition coefficient (Wildman–Crippen LogP) is -0.328. The van der Waals surface area contributed by atoms with Crippen LogP contribution in [0.1, 0.15) is 6.92 Å². The van der Waals surface area contributed by atoms with Gasteiger partial charge >= 0.3 is 7.69 Å². The molecule has 0 bridgehead atoms. The first kappa shape index (κ1) is 10.5. The van der Waals surface area contributed by atoms with Crippen molar-refractivity contribution in [1.82, 2.24) is 0 Å². The highest BCUT2D eigenvalue weighted by Gasteiger charge is 1.55. The Morgan fingerprint density at radius 1 is 1.75 bits per heavy atom. The first-order chi connectivity index (χ1) is 3.83. The smallest absolute Gasteiger partial charge is 0.482 e. The van der Waals surface area contributed by atoms with Gasteiger partial charge in [-0.05, 0) is 6.92 Å². The Bertz CT molecular complexity index is 40.3. The van der Waals surface area contributed by atoms with E-state index in [0.717, 1.165) is 6.61 Å². The Kier molecular flexibility index (Phi) is 21.0. The van der Waals surface area contributed by atoms with E-state index in [-0.39, 0.29) is 7.69 Å². The molecule has 0 aliphatic heterocycles. The van der Waals surface area contributed by atoms with Crippen LogP contribution in [-0.4, -0.2) is 24.3 Å². The van der Waals surface area contributed by atoms with E-state index in [4.69, 9.17) is 10.0 Å². The largest absolute Gasteiger partial charge is 0.502 e. The van der Waals surface area contributed by atoms with Gasteiger partial charge in [-0.15, -0.1) is 0 Å². The van der Waals surface area contributed by atoms with E-state index in [2.05, 4.69) is 11.3 Å². The Labute approximate surface area is 49.9 Å². The van der Waals surface area contributed by atoms with Gasteiger partial charge in [-0.3, -0.25) is 0 Å². The summed E-state index contributed by atoms with van der Waals surface area (Å²) >= 11 is 0. The SMILES string of the molecule is C=COCC.O[B]O. The van der Waals surface area contributed by atoms with Crippen LogP contribution in [0.5, 0.6) is 0 Å². The molecule has 0 heterocycles. The molecule has 0 amide bonds. The van der Waals surface area contributed by atoms with E-state index in [9.17, 15) is 0 Å². The average Bonchev–Trinajstić information content (AvgIpc) is 1.71. The molecular weight excluding hydrogens is 107 g/mol. The molecule has 0 aromatic rings. The zero-order valence-corrected chi connectivity index (χ0v) is 4.87. The van der Waals surface area contributed by atoms with Crippen LogP contribution in [0.4, 0.5) is 0 Å². The molecule has 1 radical (unpaired) electrons. The lowest BCUT2D eigenvalue weighted by Crippen LogP contribution is -1.75. The minimum Gasteiger partial charge on any atom is -0.502 e. The molecule has 0 saturated heterocycles. The van der Waals surface area contributed by atoms with Crippen molar-refractivity contribution in [2.75, 3.05) is 6.61 Å². The van der Waals surface area contributed by atoms with E-state index >= 15 is 0 Å². The molecule has 0 unspecified atom stereocenters. The zero-order chi connectivity index (χ0) is 6.83. The summed E-state index contributed by atoms with van der Waals surface area (Å²) in [5.41, 5.74) is 0. The maximum Gasteiger partial charge on any atom is 0.482 e. The molecular formula is C4H10BO3. The van der Waals surface area contributed by atoms with Crippen LogP contribution < -0.4 is 0 Å². The van der Waals surface area contributed by atoms with Gasteiger partial charge in [0, 0.05) is 0 Å². The molecule has 0 aliphatic rings. The fourth-order valence-electron chi connectivity index (χ4n) is 0.118. The monoisotopic (exact) mass is 117 g/mol. The van der Waals surface area contributed by atoms with Crippen LogP contribution >= 0.6 is 0 Å². The topological polar surface area (TPSA) is 49.7 Å². The third kappa shape index (κ3) is 48.6. The van der Waals surface area contributed by atoms with Crippen LogP contribution in [-0.2, 0) is 4.74 Å². The molecule has 0 spiro atoms. The Morgan fingerprint density at radius 2 is 2.12 bits per heavy atom. The molecule has 0 aromatic heterocycles. The van der Waals surface area contributed by atoms with E-state index in [1.165, 1.54) is 6.26 Å². The second-order valence-electron chi connectivity index (χ2n) is 0.737. The standard InChI is InChI=1S/C4H8O.BH2O2/c1-3-5-4-2;2-1-3/h3H,1,4H2,2H3;2-3H. The fraction of sp³-hybridized carbons (Fsp3) is 0.500. The summed E-state index contributed by atoms with van der Waals surface area (Å²) in [7, 11) is 0. The van der Waals surface area contributed by atoms with Crippen LogP contribution in [0.2, 0.25) is 0 Å². The fourth-order valence-corrected chi connectivity index (χ4v) is 0.118. The molecule has 4 heteroatoms. The van der Waals surface area contributed by atoms with Gasteiger partial charge in [0.1, 0.15) is 0 Å². The van der Waals surface area contributed by atoms with Gasteiger partial charge < -0.3 is 14.8 Å². The van der Waals surface area contributed by atoms with Gasteiger partial charge in [-0.2, -0.15) is 0 Å². The first-order valence-corrected chi connectivity index (χ1v) is 2.16. The van der Waals surface area contributed by atoms with Gasteiger partial charge in [0.2, 0.25) is 0 Å². The molecule has 8 heavy (non-hydrogen) atoms. The maximum absolute atomic E-state index is 7.00. The first-order valence-electron chi connectivity index (χ1n) is 2.16. The highest BCUT2D eigenvalue weighted by Crippen LogP contribution is 1.65. The van der Waals surface area contributed by atoms with Crippen molar-refractivity contribution in [3.05, 3.63) is 12.8 Å². The lowest BCUT2D eigenvalue weighted by atomic mass is 10.5. The third-order valence-corrected chi connectivity index (χ3v) is 0.285. The maximum atomic E-state index is 7.00. The average molecular weight is 117 g/mol. The van der Waals surface area contributed by atoms with Crippen molar-refractivity contribution in [3.63, 3.8) is 0 Å². The highest BCUT2D eigenvalue weighted by atomic mass is 16.5. The molecule has 0 rings (SSSR count). The molecule has 0 aromatic carbocycles. The molecule has 2 N–H and O–H groups in total. The Balaban J connectivity index is 0. The van der Waals surface area contributed by atoms with Crippen molar-refractivity contribution < 1.29 is 14.8 Å².